The zero-order valence-corrected chi connectivity index (χ0v) is 24.6. The minimum absolute atomic E-state index is 0.177. The van der Waals surface area contributed by atoms with Crippen LogP contribution in [0.3, 0.4) is 0 Å². The first-order chi connectivity index (χ1) is 17.0. The summed E-state index contributed by atoms with van der Waals surface area (Å²) in [5.41, 5.74) is 2.13. The summed E-state index contributed by atoms with van der Waals surface area (Å²) in [7, 11) is 5.97. The lowest BCUT2D eigenvalue weighted by molar-refractivity contribution is 0.265. The summed E-state index contributed by atoms with van der Waals surface area (Å²) >= 11 is 0. The number of anilines is 1. The summed E-state index contributed by atoms with van der Waals surface area (Å²) in [6.45, 7) is 26.0. The van der Waals surface area contributed by atoms with Crippen LogP contribution in [-0.4, -0.2) is 72.7 Å². The van der Waals surface area contributed by atoms with E-state index in [1.807, 2.05) is 20.3 Å². The van der Waals surface area contributed by atoms with Gasteiger partial charge in [-0.05, 0) is 56.1 Å². The van der Waals surface area contributed by atoms with Crippen LogP contribution >= 0.6 is 0 Å². The van der Waals surface area contributed by atoms with E-state index < -0.39 is 0 Å². The topological polar surface area (TPSA) is 60.2 Å². The molecule has 1 aromatic rings. The van der Waals surface area contributed by atoms with Crippen LogP contribution in [0.4, 0.5) is 5.82 Å². The van der Waals surface area contributed by atoms with E-state index in [0.717, 1.165) is 62.8 Å². The van der Waals surface area contributed by atoms with E-state index in [1.165, 1.54) is 5.69 Å². The van der Waals surface area contributed by atoms with E-state index in [1.54, 1.807) is 6.20 Å². The number of amidine groups is 1. The highest BCUT2D eigenvalue weighted by Crippen LogP contribution is 2.27. The number of hydrogen-bond donors (Lipinski definition) is 2. The van der Waals surface area contributed by atoms with Gasteiger partial charge < -0.3 is 25.0 Å². The number of nitrogens with zero attached hydrogens (tertiary/aromatic N) is 5. The average Bonchev–Trinajstić information content (AvgIpc) is 3.18. The Kier molecular flexibility index (Phi) is 12.8. The summed E-state index contributed by atoms with van der Waals surface area (Å²) in [4.78, 5) is 13.7. The third kappa shape index (κ3) is 9.40. The van der Waals surface area contributed by atoms with E-state index in [9.17, 15) is 0 Å². The molecule has 1 aromatic heterocycles. The van der Waals surface area contributed by atoms with Gasteiger partial charge in [0.05, 0.1) is 18.6 Å². The number of hydrogen-bond acceptors (Lipinski definition) is 5. The van der Waals surface area contributed by atoms with Crippen molar-refractivity contribution in [3.05, 3.63) is 42.9 Å². The number of nitrogens with one attached hydrogen (secondary N) is 2. The standard InChI is InChI=1S/C29H53N7/c1-12-18-32-21-27(31-10)35(19-13-2)20-17-29(8,33-14-3)24(4)34(11)22-25-15-16-26(30-9)36(25)23-28(5,6)7/h14-16,18,30,33H,3-4,12-13,17,19-23H2,1-2,5-11H3. The van der Waals surface area contributed by atoms with Crippen LogP contribution in [-0.2, 0) is 13.1 Å². The summed E-state index contributed by atoms with van der Waals surface area (Å²) in [6, 6.07) is 4.37. The van der Waals surface area contributed by atoms with Gasteiger partial charge in [-0.25, -0.2) is 0 Å². The maximum atomic E-state index is 4.56. The Morgan fingerprint density at radius 1 is 1.17 bits per heavy atom. The second-order valence-corrected chi connectivity index (χ2v) is 10.9. The van der Waals surface area contributed by atoms with E-state index in [2.05, 4.69) is 109 Å². The van der Waals surface area contributed by atoms with Crippen LogP contribution < -0.4 is 10.6 Å². The van der Waals surface area contributed by atoms with Crippen molar-refractivity contribution in [3.63, 3.8) is 0 Å². The van der Waals surface area contributed by atoms with E-state index in [-0.39, 0.29) is 11.0 Å². The molecule has 0 spiro atoms. The molecule has 7 nitrogen and oxygen atoms in total. The fourth-order valence-electron chi connectivity index (χ4n) is 4.40. The Morgan fingerprint density at radius 2 is 1.86 bits per heavy atom. The fourth-order valence-corrected chi connectivity index (χ4v) is 4.40. The average molecular weight is 500 g/mol. The molecule has 0 aliphatic carbocycles. The molecule has 2 N–H and O–H groups in total. The monoisotopic (exact) mass is 499 g/mol. The van der Waals surface area contributed by atoms with Crippen molar-refractivity contribution < 1.29 is 0 Å². The molecule has 36 heavy (non-hydrogen) atoms. The number of rotatable bonds is 16. The third-order valence-corrected chi connectivity index (χ3v) is 6.42. The molecule has 0 aliphatic rings. The molecule has 0 fully saturated rings. The first-order valence-corrected chi connectivity index (χ1v) is 13.3. The molecule has 1 unspecified atom stereocenters. The van der Waals surface area contributed by atoms with Crippen molar-refractivity contribution in [2.75, 3.05) is 46.1 Å². The highest BCUT2D eigenvalue weighted by Gasteiger charge is 2.30. The van der Waals surface area contributed by atoms with Crippen LogP contribution in [0, 0.1) is 5.41 Å². The normalized spacial score (nSPS) is 14.0. The molecule has 0 radical (unpaired) electrons. The Hall–Kier alpha value is -2.70. The van der Waals surface area contributed by atoms with Crippen LogP contribution in [0.25, 0.3) is 0 Å². The predicted octanol–water partition coefficient (Wildman–Crippen LogP) is 5.62. The van der Waals surface area contributed by atoms with Gasteiger partial charge in [-0.2, -0.15) is 0 Å². The van der Waals surface area contributed by atoms with Gasteiger partial charge in [-0.1, -0.05) is 47.8 Å². The second-order valence-electron chi connectivity index (χ2n) is 10.9. The Labute approximate surface area is 221 Å². The lowest BCUT2D eigenvalue weighted by atomic mass is 9.92. The quantitative estimate of drug-likeness (QED) is 0.229. The number of aliphatic imine (C=N–C) groups is 2. The Balaban J connectivity index is 3.08. The van der Waals surface area contributed by atoms with Crippen molar-refractivity contribution in [1.29, 1.82) is 0 Å². The first kappa shape index (κ1) is 31.3. The second kappa shape index (κ2) is 14.8. The summed E-state index contributed by atoms with van der Waals surface area (Å²) in [6.07, 6.45) is 6.60. The summed E-state index contributed by atoms with van der Waals surface area (Å²) in [5.74, 6) is 2.17. The minimum atomic E-state index is -0.346. The molecule has 1 atom stereocenters. The van der Waals surface area contributed by atoms with Gasteiger partial charge in [0.15, 0.2) is 0 Å². The molecule has 0 saturated heterocycles. The largest absolute Gasteiger partial charge is 0.381 e. The van der Waals surface area contributed by atoms with Crippen LogP contribution in [0.5, 0.6) is 0 Å². The van der Waals surface area contributed by atoms with Crippen molar-refractivity contribution in [2.24, 2.45) is 15.4 Å². The van der Waals surface area contributed by atoms with Crippen molar-refractivity contribution in [3.8, 4) is 0 Å². The van der Waals surface area contributed by atoms with E-state index >= 15 is 0 Å². The molecule has 0 saturated carbocycles. The first-order valence-electron chi connectivity index (χ1n) is 13.3. The smallest absolute Gasteiger partial charge is 0.120 e. The highest BCUT2D eigenvalue weighted by atomic mass is 15.2. The minimum Gasteiger partial charge on any atom is -0.381 e. The van der Waals surface area contributed by atoms with Gasteiger partial charge in [0.25, 0.3) is 0 Å². The van der Waals surface area contributed by atoms with Gasteiger partial charge in [0.1, 0.15) is 11.7 Å². The van der Waals surface area contributed by atoms with Crippen LogP contribution in [0.15, 0.2) is 47.2 Å². The maximum absolute atomic E-state index is 4.56. The maximum Gasteiger partial charge on any atom is 0.120 e. The molecular weight excluding hydrogens is 446 g/mol. The fraction of sp³-hybridized carbons (Fsp3) is 0.655. The van der Waals surface area contributed by atoms with Crippen molar-refractivity contribution in [2.45, 2.75) is 79.4 Å². The lowest BCUT2D eigenvalue weighted by Gasteiger charge is -2.39. The molecule has 7 heteroatoms. The molecular formula is C29H53N7. The molecule has 1 heterocycles. The number of aromatic nitrogens is 1. The highest BCUT2D eigenvalue weighted by molar-refractivity contribution is 5.85. The SMILES string of the molecule is C=CNC(C)(CCN(CCC)C(CN=CCC)=NC)C(=C)N(C)Cc1ccc(NC)n1CC(C)(C)C. The predicted molar refractivity (Wildman–Crippen MR) is 159 cm³/mol. The Morgan fingerprint density at radius 3 is 2.39 bits per heavy atom. The van der Waals surface area contributed by atoms with Gasteiger partial charge in [-0.15, -0.1) is 0 Å². The van der Waals surface area contributed by atoms with Crippen LogP contribution in [0.1, 0.15) is 66.5 Å². The van der Waals surface area contributed by atoms with Crippen molar-refractivity contribution in [1.82, 2.24) is 19.7 Å². The third-order valence-electron chi connectivity index (χ3n) is 6.42. The molecule has 204 valence electrons. The van der Waals surface area contributed by atoms with E-state index in [0.29, 0.717) is 6.54 Å². The summed E-state index contributed by atoms with van der Waals surface area (Å²) in [5, 5.41) is 6.85. The molecule has 0 bridgehead atoms. The molecule has 1 rings (SSSR count). The van der Waals surface area contributed by atoms with Crippen LogP contribution in [0.2, 0.25) is 0 Å². The van der Waals surface area contributed by atoms with E-state index in [4.69, 9.17) is 0 Å². The Bertz CT molecular complexity index is 875. The van der Waals surface area contributed by atoms with Crippen molar-refractivity contribution >= 4 is 17.9 Å². The van der Waals surface area contributed by atoms with Gasteiger partial charge in [0, 0.05) is 52.2 Å². The van der Waals surface area contributed by atoms with Gasteiger partial charge >= 0.3 is 0 Å². The molecule has 0 amide bonds. The van der Waals surface area contributed by atoms with Gasteiger partial charge in [-0.3, -0.25) is 9.98 Å². The number of likely N-dealkylation sites (N-methyl/N-ethyl adjacent to an activating group) is 1. The lowest BCUT2D eigenvalue weighted by Crippen LogP contribution is -2.49. The zero-order valence-electron chi connectivity index (χ0n) is 24.6. The molecule has 0 aromatic carbocycles. The molecule has 0 aliphatic heterocycles. The van der Waals surface area contributed by atoms with Gasteiger partial charge in [0.2, 0.25) is 0 Å². The summed E-state index contributed by atoms with van der Waals surface area (Å²) < 4.78 is 2.38. The zero-order chi connectivity index (χ0) is 27.4.